The molecule has 7 nitrogen and oxygen atoms in total. The van der Waals surface area contributed by atoms with E-state index in [1.54, 1.807) is 0 Å². The molecular weight excluding hydrogens is 284 g/mol. The zero-order chi connectivity index (χ0) is 16.3. The summed E-state index contributed by atoms with van der Waals surface area (Å²) in [7, 11) is 0. The van der Waals surface area contributed by atoms with Crippen molar-refractivity contribution in [2.24, 2.45) is 5.92 Å². The van der Waals surface area contributed by atoms with Gasteiger partial charge >= 0.3 is 6.03 Å². The molecule has 0 aromatic heterocycles. The van der Waals surface area contributed by atoms with Gasteiger partial charge in [0.15, 0.2) is 0 Å². The molecule has 124 valence electrons. The Balaban J connectivity index is 1.82. The number of likely N-dealkylation sites (tertiary alicyclic amines) is 1. The second-order valence-electron chi connectivity index (χ2n) is 6.92. The molecule has 2 aliphatic rings. The third-order valence-corrected chi connectivity index (χ3v) is 4.47. The van der Waals surface area contributed by atoms with Gasteiger partial charge in [-0.2, -0.15) is 0 Å². The van der Waals surface area contributed by atoms with Crippen molar-refractivity contribution < 1.29 is 14.4 Å². The molecule has 2 rings (SSSR count). The molecule has 0 radical (unpaired) electrons. The maximum absolute atomic E-state index is 12.0. The molecule has 1 atom stereocenters. The van der Waals surface area contributed by atoms with E-state index >= 15 is 0 Å². The average molecular weight is 310 g/mol. The fourth-order valence-electron chi connectivity index (χ4n) is 2.98. The van der Waals surface area contributed by atoms with E-state index in [0.717, 1.165) is 18.0 Å². The number of amides is 4. The summed E-state index contributed by atoms with van der Waals surface area (Å²) >= 11 is 0. The molecule has 1 unspecified atom stereocenters. The van der Waals surface area contributed by atoms with Gasteiger partial charge in [0.05, 0.1) is 6.54 Å². The van der Waals surface area contributed by atoms with Crippen LogP contribution in [0.5, 0.6) is 0 Å². The summed E-state index contributed by atoms with van der Waals surface area (Å²) < 4.78 is 0. The number of nitrogens with one attached hydrogen (secondary N) is 2. The lowest BCUT2D eigenvalue weighted by molar-refractivity contribution is -0.130. The molecular formula is C15H26N4O3. The van der Waals surface area contributed by atoms with Crippen molar-refractivity contribution in [3.05, 3.63) is 0 Å². The predicted molar refractivity (Wildman–Crippen MR) is 82.2 cm³/mol. The first-order valence-corrected chi connectivity index (χ1v) is 7.89. The van der Waals surface area contributed by atoms with Crippen LogP contribution < -0.4 is 10.6 Å². The van der Waals surface area contributed by atoms with Crippen molar-refractivity contribution in [2.75, 3.05) is 32.7 Å². The molecule has 2 heterocycles. The Labute approximate surface area is 131 Å². The van der Waals surface area contributed by atoms with Gasteiger partial charge < -0.3 is 10.6 Å². The molecule has 7 heteroatoms. The Morgan fingerprint density at radius 2 is 2.14 bits per heavy atom. The van der Waals surface area contributed by atoms with Crippen LogP contribution in [0.15, 0.2) is 0 Å². The van der Waals surface area contributed by atoms with Gasteiger partial charge in [0, 0.05) is 18.6 Å². The summed E-state index contributed by atoms with van der Waals surface area (Å²) in [5.74, 6) is 0.0162. The first-order chi connectivity index (χ1) is 10.3. The van der Waals surface area contributed by atoms with E-state index in [1.165, 1.54) is 12.8 Å². The molecule has 0 aromatic rings. The highest BCUT2D eigenvalue weighted by Gasteiger charge is 2.32. The van der Waals surface area contributed by atoms with Gasteiger partial charge in [0.1, 0.15) is 6.54 Å². The van der Waals surface area contributed by atoms with Crippen LogP contribution in [0.3, 0.4) is 0 Å². The highest BCUT2D eigenvalue weighted by atomic mass is 16.2. The normalized spacial score (nSPS) is 23.6. The zero-order valence-electron chi connectivity index (χ0n) is 13.6. The number of carbonyl (C=O) groups is 3. The molecule has 0 bridgehead atoms. The molecule has 22 heavy (non-hydrogen) atoms. The van der Waals surface area contributed by atoms with E-state index < -0.39 is 6.03 Å². The highest BCUT2D eigenvalue weighted by molar-refractivity contribution is 6.04. The number of imide groups is 1. The summed E-state index contributed by atoms with van der Waals surface area (Å²) in [4.78, 5) is 38.2. The molecule has 0 spiro atoms. The highest BCUT2D eigenvalue weighted by Crippen LogP contribution is 2.23. The van der Waals surface area contributed by atoms with Crippen LogP contribution in [0, 0.1) is 5.92 Å². The van der Waals surface area contributed by atoms with Gasteiger partial charge in [-0.15, -0.1) is 0 Å². The number of hydrogen-bond acceptors (Lipinski definition) is 4. The smallest absolute Gasteiger partial charge is 0.325 e. The monoisotopic (exact) mass is 310 g/mol. The number of carbonyl (C=O) groups excluding carboxylic acids is 3. The maximum Gasteiger partial charge on any atom is 0.325 e. The molecule has 2 saturated heterocycles. The van der Waals surface area contributed by atoms with Gasteiger partial charge in [-0.1, -0.05) is 6.92 Å². The number of hydrogen-bond donors (Lipinski definition) is 2. The van der Waals surface area contributed by atoms with E-state index in [9.17, 15) is 14.4 Å². The van der Waals surface area contributed by atoms with Gasteiger partial charge in [-0.3, -0.25) is 19.4 Å². The summed E-state index contributed by atoms with van der Waals surface area (Å²) in [6.45, 7) is 8.81. The van der Waals surface area contributed by atoms with E-state index in [0.29, 0.717) is 12.5 Å². The average Bonchev–Trinajstić information content (AvgIpc) is 2.77. The second kappa shape index (κ2) is 6.64. The van der Waals surface area contributed by atoms with Crippen LogP contribution in [0.2, 0.25) is 0 Å². The largest absolute Gasteiger partial charge is 0.353 e. The third-order valence-electron chi connectivity index (χ3n) is 4.47. The lowest BCUT2D eigenvalue weighted by Gasteiger charge is -2.43. The minimum Gasteiger partial charge on any atom is -0.353 e. The Kier molecular flexibility index (Phi) is 5.05. The van der Waals surface area contributed by atoms with E-state index in [1.807, 2.05) is 0 Å². The van der Waals surface area contributed by atoms with Crippen LogP contribution in [0.1, 0.15) is 33.6 Å². The summed E-state index contributed by atoms with van der Waals surface area (Å²) in [6, 6.07) is -0.496. The van der Waals surface area contributed by atoms with Crippen molar-refractivity contribution in [1.82, 2.24) is 20.4 Å². The van der Waals surface area contributed by atoms with Gasteiger partial charge in [-0.05, 0) is 39.2 Å². The van der Waals surface area contributed by atoms with Crippen molar-refractivity contribution in [2.45, 2.75) is 39.2 Å². The Morgan fingerprint density at radius 3 is 2.73 bits per heavy atom. The first kappa shape index (κ1) is 16.7. The maximum atomic E-state index is 12.0. The van der Waals surface area contributed by atoms with Crippen molar-refractivity contribution >= 4 is 17.8 Å². The van der Waals surface area contributed by atoms with E-state index in [-0.39, 0.29) is 30.4 Å². The molecule has 0 aromatic carbocycles. The van der Waals surface area contributed by atoms with Crippen LogP contribution in [0.25, 0.3) is 0 Å². The zero-order valence-corrected chi connectivity index (χ0v) is 13.6. The fraction of sp³-hybridized carbons (Fsp3) is 0.800. The van der Waals surface area contributed by atoms with E-state index in [2.05, 4.69) is 36.3 Å². The molecule has 4 amide bonds. The lowest BCUT2D eigenvalue weighted by atomic mass is 9.93. The van der Waals surface area contributed by atoms with Crippen molar-refractivity contribution in [3.63, 3.8) is 0 Å². The molecule has 2 N–H and O–H groups in total. The predicted octanol–water partition coefficient (Wildman–Crippen LogP) is 0.165. The van der Waals surface area contributed by atoms with Crippen LogP contribution in [0.4, 0.5) is 4.79 Å². The number of piperidine rings is 1. The van der Waals surface area contributed by atoms with Crippen LogP contribution >= 0.6 is 0 Å². The summed E-state index contributed by atoms with van der Waals surface area (Å²) in [6.07, 6.45) is 2.44. The minimum absolute atomic E-state index is 0.0245. The fourth-order valence-corrected chi connectivity index (χ4v) is 2.98. The molecule has 2 aliphatic heterocycles. The Morgan fingerprint density at radius 1 is 1.41 bits per heavy atom. The molecule has 2 fully saturated rings. The second-order valence-corrected chi connectivity index (χ2v) is 6.92. The Bertz CT molecular complexity index is 448. The topological polar surface area (TPSA) is 81.8 Å². The van der Waals surface area contributed by atoms with Crippen LogP contribution in [-0.2, 0) is 9.59 Å². The standard InChI is InChI=1S/C15H26N4O3/c1-11-5-4-6-18(8-11)15(2,3)10-17-12(20)9-19-13(21)7-16-14(19)22/h11H,4-10H2,1-3H3,(H,16,22)(H,17,20). The molecule has 0 saturated carbocycles. The molecule has 0 aliphatic carbocycles. The lowest BCUT2D eigenvalue weighted by Crippen LogP contribution is -2.55. The summed E-state index contributed by atoms with van der Waals surface area (Å²) in [5, 5.41) is 5.25. The van der Waals surface area contributed by atoms with E-state index in [4.69, 9.17) is 0 Å². The third kappa shape index (κ3) is 3.97. The van der Waals surface area contributed by atoms with Crippen molar-refractivity contribution in [1.29, 1.82) is 0 Å². The number of urea groups is 1. The minimum atomic E-state index is -0.496. The quantitative estimate of drug-likeness (QED) is 0.709. The Hall–Kier alpha value is -1.63. The first-order valence-electron chi connectivity index (χ1n) is 7.89. The number of nitrogens with zero attached hydrogens (tertiary/aromatic N) is 2. The van der Waals surface area contributed by atoms with Gasteiger partial charge in [0.25, 0.3) is 5.91 Å². The van der Waals surface area contributed by atoms with Gasteiger partial charge in [0.2, 0.25) is 5.91 Å². The summed E-state index contributed by atoms with van der Waals surface area (Å²) in [5.41, 5.74) is -0.137. The van der Waals surface area contributed by atoms with Crippen molar-refractivity contribution in [3.8, 4) is 0 Å². The number of rotatable bonds is 5. The SMILES string of the molecule is CC1CCCN(C(C)(C)CNC(=O)CN2C(=O)CNC2=O)C1. The van der Waals surface area contributed by atoms with Crippen LogP contribution in [-0.4, -0.2) is 65.9 Å². The van der Waals surface area contributed by atoms with Gasteiger partial charge in [-0.25, -0.2) is 4.79 Å².